The van der Waals surface area contributed by atoms with Gasteiger partial charge in [0, 0.05) is 25.0 Å². The molecule has 0 unspecified atom stereocenters. The molecule has 0 fully saturated rings. The maximum atomic E-state index is 12.4. The molecule has 1 N–H and O–H groups in total. The zero-order valence-corrected chi connectivity index (χ0v) is 12.6. The van der Waals surface area contributed by atoms with Crippen LogP contribution >= 0.6 is 0 Å². The Morgan fingerprint density at radius 3 is 2.62 bits per heavy atom. The molecule has 0 aliphatic rings. The predicted molar refractivity (Wildman–Crippen MR) is 77.8 cm³/mol. The van der Waals surface area contributed by atoms with Gasteiger partial charge in [-0.1, -0.05) is 6.07 Å². The Morgan fingerprint density at radius 2 is 2.00 bits per heavy atom. The summed E-state index contributed by atoms with van der Waals surface area (Å²) in [6.07, 6.45) is 3.23. The standard InChI is InChI=1S/C14H16N2O4S/c1-19-12-5-6-13(20-2)14(8-12)21(17,18)16-10-11-4-3-7-15-9-11/h3-9,16H,10H2,1-2H3. The Morgan fingerprint density at radius 1 is 1.19 bits per heavy atom. The molecule has 21 heavy (non-hydrogen) atoms. The topological polar surface area (TPSA) is 77.5 Å². The van der Waals surface area contributed by atoms with E-state index in [4.69, 9.17) is 9.47 Å². The molecule has 0 radical (unpaired) electrons. The average Bonchev–Trinajstić information content (AvgIpc) is 2.53. The highest BCUT2D eigenvalue weighted by Crippen LogP contribution is 2.28. The van der Waals surface area contributed by atoms with Gasteiger partial charge in [0.05, 0.1) is 14.2 Å². The van der Waals surface area contributed by atoms with Gasteiger partial charge in [-0.25, -0.2) is 13.1 Å². The molecule has 2 rings (SSSR count). The zero-order chi connectivity index (χ0) is 15.3. The summed E-state index contributed by atoms with van der Waals surface area (Å²) in [5.74, 6) is 0.701. The van der Waals surface area contributed by atoms with Gasteiger partial charge in [0.15, 0.2) is 0 Å². The van der Waals surface area contributed by atoms with E-state index in [0.29, 0.717) is 5.75 Å². The van der Waals surface area contributed by atoms with Crippen LogP contribution in [0.2, 0.25) is 0 Å². The third kappa shape index (κ3) is 3.71. The summed E-state index contributed by atoms with van der Waals surface area (Å²) in [7, 11) is -0.825. The van der Waals surface area contributed by atoms with Crippen molar-refractivity contribution in [3.8, 4) is 11.5 Å². The van der Waals surface area contributed by atoms with Crippen LogP contribution in [0.25, 0.3) is 0 Å². The molecule has 0 bridgehead atoms. The number of pyridine rings is 1. The SMILES string of the molecule is COc1ccc(OC)c(S(=O)(=O)NCc2cccnc2)c1. The second-order valence-corrected chi connectivity index (χ2v) is 5.94. The van der Waals surface area contributed by atoms with Gasteiger partial charge >= 0.3 is 0 Å². The van der Waals surface area contributed by atoms with Gasteiger partial charge in [-0.05, 0) is 23.8 Å². The third-order valence-electron chi connectivity index (χ3n) is 2.85. The van der Waals surface area contributed by atoms with E-state index in [1.807, 2.05) is 0 Å². The number of ether oxygens (including phenoxy) is 2. The maximum Gasteiger partial charge on any atom is 0.244 e. The first-order valence-corrected chi connectivity index (χ1v) is 7.66. The van der Waals surface area contributed by atoms with E-state index in [1.54, 1.807) is 36.7 Å². The second kappa shape index (κ2) is 6.55. The molecule has 1 aromatic heterocycles. The van der Waals surface area contributed by atoms with Crippen molar-refractivity contribution in [1.29, 1.82) is 0 Å². The van der Waals surface area contributed by atoms with Crippen molar-refractivity contribution in [2.24, 2.45) is 0 Å². The number of sulfonamides is 1. The van der Waals surface area contributed by atoms with E-state index in [0.717, 1.165) is 5.56 Å². The van der Waals surface area contributed by atoms with Gasteiger partial charge in [0.1, 0.15) is 16.4 Å². The molecule has 0 saturated carbocycles. The molecule has 0 saturated heterocycles. The fourth-order valence-electron chi connectivity index (χ4n) is 1.75. The molecule has 1 heterocycles. The number of nitrogens with zero attached hydrogens (tertiary/aromatic N) is 1. The highest BCUT2D eigenvalue weighted by atomic mass is 32.2. The molecule has 0 amide bonds. The van der Waals surface area contributed by atoms with E-state index >= 15 is 0 Å². The monoisotopic (exact) mass is 308 g/mol. The quantitative estimate of drug-likeness (QED) is 0.876. The van der Waals surface area contributed by atoms with Crippen LogP contribution in [0.15, 0.2) is 47.6 Å². The summed E-state index contributed by atoms with van der Waals surface area (Å²) in [5.41, 5.74) is 0.767. The Balaban J connectivity index is 2.26. The summed E-state index contributed by atoms with van der Waals surface area (Å²) in [5, 5.41) is 0. The lowest BCUT2D eigenvalue weighted by molar-refractivity contribution is 0.392. The number of methoxy groups -OCH3 is 2. The van der Waals surface area contributed by atoms with Gasteiger partial charge in [0.25, 0.3) is 0 Å². The third-order valence-corrected chi connectivity index (χ3v) is 4.27. The van der Waals surface area contributed by atoms with Gasteiger partial charge in [-0.3, -0.25) is 4.98 Å². The maximum absolute atomic E-state index is 12.4. The van der Waals surface area contributed by atoms with Crippen LogP contribution < -0.4 is 14.2 Å². The molecule has 112 valence electrons. The molecule has 0 atom stereocenters. The van der Waals surface area contributed by atoms with Crippen molar-refractivity contribution in [2.75, 3.05) is 14.2 Å². The smallest absolute Gasteiger partial charge is 0.244 e. The Bertz CT molecular complexity index is 702. The average molecular weight is 308 g/mol. The van der Waals surface area contributed by atoms with Crippen molar-refractivity contribution in [3.63, 3.8) is 0 Å². The second-order valence-electron chi connectivity index (χ2n) is 4.20. The number of hydrogen-bond donors (Lipinski definition) is 1. The van der Waals surface area contributed by atoms with Crippen LogP contribution in [0.3, 0.4) is 0 Å². The number of aromatic nitrogens is 1. The minimum absolute atomic E-state index is 0.0354. The van der Waals surface area contributed by atoms with Crippen LogP contribution in [0.1, 0.15) is 5.56 Å². The Kier molecular flexibility index (Phi) is 4.77. The first-order chi connectivity index (χ1) is 10.1. The van der Waals surface area contributed by atoms with Crippen LogP contribution in [0.5, 0.6) is 11.5 Å². The van der Waals surface area contributed by atoms with E-state index in [-0.39, 0.29) is 17.2 Å². The molecular weight excluding hydrogens is 292 g/mol. The van der Waals surface area contributed by atoms with Crippen LogP contribution in [-0.4, -0.2) is 27.6 Å². The molecule has 0 spiro atoms. The summed E-state index contributed by atoms with van der Waals surface area (Å²) in [4.78, 5) is 3.98. The van der Waals surface area contributed by atoms with Crippen LogP contribution in [0, 0.1) is 0 Å². The molecule has 6 nitrogen and oxygen atoms in total. The highest BCUT2D eigenvalue weighted by Gasteiger charge is 2.20. The fraction of sp³-hybridized carbons (Fsp3) is 0.214. The van der Waals surface area contributed by atoms with E-state index in [1.165, 1.54) is 20.3 Å². The van der Waals surface area contributed by atoms with E-state index in [2.05, 4.69) is 9.71 Å². The minimum atomic E-state index is -3.72. The van der Waals surface area contributed by atoms with Crippen molar-refractivity contribution in [2.45, 2.75) is 11.4 Å². The Hall–Kier alpha value is -2.12. The lowest BCUT2D eigenvalue weighted by Gasteiger charge is -2.12. The number of nitrogens with one attached hydrogen (secondary N) is 1. The minimum Gasteiger partial charge on any atom is -0.497 e. The normalized spacial score (nSPS) is 11.1. The van der Waals surface area contributed by atoms with Crippen molar-refractivity contribution in [3.05, 3.63) is 48.3 Å². The lowest BCUT2D eigenvalue weighted by atomic mass is 10.3. The molecular formula is C14H16N2O4S. The van der Waals surface area contributed by atoms with Crippen molar-refractivity contribution in [1.82, 2.24) is 9.71 Å². The molecule has 7 heteroatoms. The predicted octanol–water partition coefficient (Wildman–Crippen LogP) is 1.58. The van der Waals surface area contributed by atoms with Gasteiger partial charge < -0.3 is 9.47 Å². The Labute approximate surface area is 123 Å². The number of benzene rings is 1. The first kappa shape index (κ1) is 15.3. The molecule has 1 aromatic carbocycles. The summed E-state index contributed by atoms with van der Waals surface area (Å²) in [6.45, 7) is 0.149. The summed E-state index contributed by atoms with van der Waals surface area (Å²) >= 11 is 0. The van der Waals surface area contributed by atoms with Crippen molar-refractivity contribution >= 4 is 10.0 Å². The van der Waals surface area contributed by atoms with Crippen LogP contribution in [0.4, 0.5) is 0 Å². The molecule has 0 aliphatic carbocycles. The lowest BCUT2D eigenvalue weighted by Crippen LogP contribution is -2.23. The molecule has 0 aliphatic heterocycles. The van der Waals surface area contributed by atoms with E-state index < -0.39 is 10.0 Å². The summed E-state index contributed by atoms with van der Waals surface area (Å²) in [6, 6.07) is 8.15. The van der Waals surface area contributed by atoms with E-state index in [9.17, 15) is 8.42 Å². The van der Waals surface area contributed by atoms with Gasteiger partial charge in [-0.2, -0.15) is 0 Å². The zero-order valence-electron chi connectivity index (χ0n) is 11.7. The van der Waals surface area contributed by atoms with Gasteiger partial charge in [-0.15, -0.1) is 0 Å². The summed E-state index contributed by atoms with van der Waals surface area (Å²) < 4.78 is 37.4. The fourth-order valence-corrected chi connectivity index (χ4v) is 2.95. The van der Waals surface area contributed by atoms with Crippen LogP contribution in [-0.2, 0) is 16.6 Å². The highest BCUT2D eigenvalue weighted by molar-refractivity contribution is 7.89. The largest absolute Gasteiger partial charge is 0.497 e. The molecule has 2 aromatic rings. The van der Waals surface area contributed by atoms with Crippen molar-refractivity contribution < 1.29 is 17.9 Å². The van der Waals surface area contributed by atoms with Gasteiger partial charge in [0.2, 0.25) is 10.0 Å². The number of rotatable bonds is 6. The number of hydrogen-bond acceptors (Lipinski definition) is 5. The first-order valence-electron chi connectivity index (χ1n) is 6.17.